The first-order valence-electron chi connectivity index (χ1n) is 12.2. The number of pyridine rings is 2. The van der Waals surface area contributed by atoms with E-state index < -0.39 is 21.6 Å². The van der Waals surface area contributed by atoms with Crippen molar-refractivity contribution in [3.63, 3.8) is 0 Å². The maximum Gasteiger partial charge on any atom is 0.251 e. The molecule has 3 aromatic heterocycles. The lowest BCUT2D eigenvalue weighted by Crippen LogP contribution is -2.23. The number of fused-ring (bicyclic) bond motifs is 1. The molecular weight excluding hydrogens is 555 g/mol. The minimum Gasteiger partial charge on any atom is -0.360 e. The van der Waals surface area contributed by atoms with E-state index in [-0.39, 0.29) is 40.4 Å². The number of halogens is 2. The molecule has 5 rings (SSSR count). The zero-order valence-electron chi connectivity index (χ0n) is 21.3. The molecule has 0 bridgehead atoms. The van der Waals surface area contributed by atoms with Crippen molar-refractivity contribution in [2.75, 3.05) is 6.26 Å². The number of aromatic amines is 1. The summed E-state index contributed by atoms with van der Waals surface area (Å²) in [5, 5.41) is 3.26. The predicted molar refractivity (Wildman–Crippen MR) is 151 cm³/mol. The molecule has 0 aliphatic heterocycles. The van der Waals surface area contributed by atoms with Gasteiger partial charge in [0.2, 0.25) is 0 Å². The van der Waals surface area contributed by atoms with Crippen molar-refractivity contribution in [1.82, 2.24) is 19.9 Å². The van der Waals surface area contributed by atoms with Gasteiger partial charge in [-0.1, -0.05) is 35.9 Å². The standard InChI is InChI=1S/C29H24ClFN4O4S/c1-40(38,39)25-13-18(5-6-21(25)17-35-11-3-2-4-26(35)36)12-22-14-19(9-10-32-22)29(37)34-15-20-7-8-24-27(28(20)31)23(30)16-33-24/h2-11,13-14,16,33H,12,15,17H2,1H3,(H,34,37). The highest BCUT2D eigenvalue weighted by Crippen LogP contribution is 2.28. The van der Waals surface area contributed by atoms with Gasteiger partial charge >= 0.3 is 0 Å². The zero-order valence-corrected chi connectivity index (χ0v) is 22.9. The Morgan fingerprint density at radius 2 is 1.90 bits per heavy atom. The lowest BCUT2D eigenvalue weighted by atomic mass is 10.1. The summed E-state index contributed by atoms with van der Waals surface area (Å²) >= 11 is 6.07. The third-order valence-corrected chi connectivity index (χ3v) is 7.97. The molecule has 0 atom stereocenters. The highest BCUT2D eigenvalue weighted by atomic mass is 35.5. The van der Waals surface area contributed by atoms with Crippen LogP contribution in [0.4, 0.5) is 4.39 Å². The molecule has 0 aliphatic rings. The van der Waals surface area contributed by atoms with Crippen LogP contribution in [0, 0.1) is 5.82 Å². The van der Waals surface area contributed by atoms with Crippen LogP contribution in [0.15, 0.2) is 88.9 Å². The highest BCUT2D eigenvalue weighted by molar-refractivity contribution is 7.90. The van der Waals surface area contributed by atoms with Crippen LogP contribution in [0.1, 0.15) is 32.7 Å². The normalized spacial score (nSPS) is 11.6. The minimum absolute atomic E-state index is 0.0382. The molecule has 204 valence electrons. The van der Waals surface area contributed by atoms with E-state index in [1.807, 2.05) is 0 Å². The van der Waals surface area contributed by atoms with Crippen LogP contribution >= 0.6 is 11.6 Å². The lowest BCUT2D eigenvalue weighted by molar-refractivity contribution is 0.0950. The zero-order chi connectivity index (χ0) is 28.4. The van der Waals surface area contributed by atoms with Crippen LogP contribution in [0.25, 0.3) is 10.9 Å². The number of benzene rings is 2. The molecular formula is C29H24ClFN4O4S. The van der Waals surface area contributed by atoms with Crippen LogP contribution < -0.4 is 10.9 Å². The number of aromatic nitrogens is 3. The van der Waals surface area contributed by atoms with E-state index in [1.165, 1.54) is 23.0 Å². The molecule has 2 aromatic carbocycles. The van der Waals surface area contributed by atoms with Crippen LogP contribution in [-0.2, 0) is 29.3 Å². The average Bonchev–Trinajstić information content (AvgIpc) is 3.31. The number of nitrogens with zero attached hydrogens (tertiary/aromatic N) is 2. The van der Waals surface area contributed by atoms with Crippen molar-refractivity contribution in [1.29, 1.82) is 0 Å². The quantitative estimate of drug-likeness (QED) is 0.282. The van der Waals surface area contributed by atoms with E-state index in [0.29, 0.717) is 33.5 Å². The number of nitrogens with one attached hydrogen (secondary N) is 2. The fourth-order valence-corrected chi connectivity index (χ4v) is 5.70. The Balaban J connectivity index is 1.33. The van der Waals surface area contributed by atoms with Gasteiger partial charge in [-0.3, -0.25) is 14.6 Å². The molecule has 3 heterocycles. The second-order valence-corrected chi connectivity index (χ2v) is 11.8. The minimum atomic E-state index is -3.59. The molecule has 0 spiro atoms. The highest BCUT2D eigenvalue weighted by Gasteiger charge is 2.17. The average molecular weight is 579 g/mol. The second-order valence-electron chi connectivity index (χ2n) is 9.37. The van der Waals surface area contributed by atoms with E-state index in [0.717, 1.165) is 6.26 Å². The summed E-state index contributed by atoms with van der Waals surface area (Å²) in [6, 6.07) is 16.2. The Hall–Kier alpha value is -4.28. The van der Waals surface area contributed by atoms with Gasteiger partial charge in [-0.15, -0.1) is 0 Å². The van der Waals surface area contributed by atoms with Gasteiger partial charge in [-0.05, 0) is 41.5 Å². The topological polar surface area (TPSA) is 114 Å². The summed E-state index contributed by atoms with van der Waals surface area (Å²) in [4.78, 5) is 32.3. The Bertz CT molecular complexity index is 1920. The number of H-pyrrole nitrogens is 1. The third-order valence-electron chi connectivity index (χ3n) is 6.49. The molecule has 8 nitrogen and oxygen atoms in total. The van der Waals surface area contributed by atoms with Gasteiger partial charge in [0.1, 0.15) is 5.82 Å². The summed E-state index contributed by atoms with van der Waals surface area (Å²) in [6.45, 7) is 0.0730. The third kappa shape index (κ3) is 5.83. The maximum atomic E-state index is 14.9. The predicted octanol–water partition coefficient (Wildman–Crippen LogP) is 4.49. The van der Waals surface area contributed by atoms with Gasteiger partial charge in [0.25, 0.3) is 11.5 Å². The molecule has 11 heteroatoms. The number of hydrogen-bond donors (Lipinski definition) is 2. The van der Waals surface area contributed by atoms with Crippen molar-refractivity contribution < 1.29 is 17.6 Å². The SMILES string of the molecule is CS(=O)(=O)c1cc(Cc2cc(C(=O)NCc3ccc4[nH]cc(Cl)c4c3F)ccn2)ccc1Cn1ccccc1=O. The smallest absolute Gasteiger partial charge is 0.251 e. The summed E-state index contributed by atoms with van der Waals surface area (Å²) in [6.07, 6.45) is 5.99. The van der Waals surface area contributed by atoms with E-state index >= 15 is 0 Å². The lowest BCUT2D eigenvalue weighted by Gasteiger charge is -2.12. The molecule has 0 unspecified atom stereocenters. The first-order chi connectivity index (χ1) is 19.1. The number of sulfone groups is 1. The molecule has 0 aliphatic carbocycles. The first-order valence-corrected chi connectivity index (χ1v) is 14.5. The summed E-state index contributed by atoms with van der Waals surface area (Å²) < 4.78 is 41.5. The number of carbonyl (C=O) groups is 1. The van der Waals surface area contributed by atoms with Gasteiger partial charge in [0.05, 0.1) is 21.8 Å². The van der Waals surface area contributed by atoms with E-state index in [4.69, 9.17) is 11.6 Å². The Kier molecular flexibility index (Phi) is 7.55. The molecule has 40 heavy (non-hydrogen) atoms. The number of amides is 1. The van der Waals surface area contributed by atoms with Crippen molar-refractivity contribution >= 4 is 38.2 Å². The fraction of sp³-hybridized carbons (Fsp3) is 0.138. The monoisotopic (exact) mass is 578 g/mol. The Morgan fingerprint density at radius 1 is 1.10 bits per heavy atom. The van der Waals surface area contributed by atoms with E-state index in [9.17, 15) is 22.4 Å². The van der Waals surface area contributed by atoms with E-state index in [1.54, 1.807) is 60.8 Å². The van der Waals surface area contributed by atoms with Crippen molar-refractivity contribution in [2.45, 2.75) is 24.4 Å². The molecule has 0 saturated carbocycles. The Morgan fingerprint density at radius 3 is 2.67 bits per heavy atom. The summed E-state index contributed by atoms with van der Waals surface area (Å²) in [7, 11) is -3.59. The molecule has 0 fully saturated rings. The number of rotatable bonds is 8. The van der Waals surface area contributed by atoms with Crippen LogP contribution in [-0.4, -0.2) is 35.1 Å². The number of hydrogen-bond acceptors (Lipinski definition) is 5. The van der Waals surface area contributed by atoms with Crippen LogP contribution in [0.5, 0.6) is 0 Å². The second kappa shape index (κ2) is 11.1. The van der Waals surface area contributed by atoms with Gasteiger partial charge < -0.3 is 14.9 Å². The van der Waals surface area contributed by atoms with Crippen LogP contribution in [0.3, 0.4) is 0 Å². The van der Waals surface area contributed by atoms with Gasteiger partial charge in [-0.25, -0.2) is 12.8 Å². The van der Waals surface area contributed by atoms with Gasteiger partial charge in [0, 0.05) is 66.2 Å². The number of carbonyl (C=O) groups excluding carboxylic acids is 1. The Labute approximate surface area is 234 Å². The van der Waals surface area contributed by atoms with Gasteiger partial charge in [-0.2, -0.15) is 0 Å². The van der Waals surface area contributed by atoms with Gasteiger partial charge in [0.15, 0.2) is 9.84 Å². The molecule has 5 aromatic rings. The molecule has 0 radical (unpaired) electrons. The van der Waals surface area contributed by atoms with Crippen LogP contribution in [0.2, 0.25) is 5.02 Å². The van der Waals surface area contributed by atoms with Crippen molar-refractivity contribution in [2.24, 2.45) is 0 Å². The first kappa shape index (κ1) is 27.3. The maximum absolute atomic E-state index is 14.9. The molecule has 2 N–H and O–H groups in total. The van der Waals surface area contributed by atoms with Crippen molar-refractivity contribution in [3.8, 4) is 0 Å². The van der Waals surface area contributed by atoms with Crippen molar-refractivity contribution in [3.05, 3.63) is 128 Å². The molecule has 1 amide bonds. The summed E-state index contributed by atoms with van der Waals surface area (Å²) in [5.74, 6) is -0.912. The van der Waals surface area contributed by atoms with E-state index in [2.05, 4.69) is 15.3 Å². The summed E-state index contributed by atoms with van der Waals surface area (Å²) in [5.41, 5.74) is 2.67. The molecule has 0 saturated heterocycles. The largest absolute Gasteiger partial charge is 0.360 e. The fourth-order valence-electron chi connectivity index (χ4n) is 4.49.